The molecule has 0 atom stereocenters. The van der Waals surface area contributed by atoms with Crippen molar-refractivity contribution in [1.29, 1.82) is 0 Å². The van der Waals surface area contributed by atoms with Gasteiger partial charge < -0.3 is 80.6 Å². The summed E-state index contributed by atoms with van der Waals surface area (Å²) in [6.07, 6.45) is 0.682. The number of phenolic OH excluding ortho intramolecular Hbond substituents is 12. The molecule has 0 heterocycles. The number of carboxylic acid groups (broad SMARTS) is 1. The lowest BCUT2D eigenvalue weighted by Gasteiger charge is -2.05. The lowest BCUT2D eigenvalue weighted by Crippen LogP contribution is -2.05. The van der Waals surface area contributed by atoms with Gasteiger partial charge in [0.2, 0.25) is 0 Å². The van der Waals surface area contributed by atoms with E-state index < -0.39 is 92.9 Å². The van der Waals surface area contributed by atoms with E-state index in [4.69, 9.17) is 71.1 Å². The molecule has 0 aliphatic carbocycles. The highest BCUT2D eigenvalue weighted by Crippen LogP contribution is 2.38. The Balaban J connectivity index is 0.000000361. The highest BCUT2D eigenvalue weighted by molar-refractivity contribution is 5.92. The van der Waals surface area contributed by atoms with Crippen LogP contribution in [-0.2, 0) is 14.2 Å². The van der Waals surface area contributed by atoms with Gasteiger partial charge >= 0.3 is 23.9 Å². The Bertz CT molecular complexity index is 1880. The van der Waals surface area contributed by atoms with Gasteiger partial charge in [-0.05, 0) is 61.9 Å². The van der Waals surface area contributed by atoms with E-state index in [9.17, 15) is 19.2 Å². The number of benzene rings is 4. The predicted molar refractivity (Wildman–Crippen MR) is 181 cm³/mol. The van der Waals surface area contributed by atoms with Crippen LogP contribution in [0.5, 0.6) is 69.0 Å². The molecule has 0 radical (unpaired) electrons. The monoisotopic (exact) mass is 764 g/mol. The first kappa shape index (κ1) is 44.4. The molecule has 0 fully saturated rings. The van der Waals surface area contributed by atoms with Gasteiger partial charge in [-0.2, -0.15) is 0 Å². The van der Waals surface area contributed by atoms with Crippen molar-refractivity contribution in [2.24, 2.45) is 0 Å². The molecule has 0 saturated heterocycles. The highest BCUT2D eigenvalue weighted by Gasteiger charge is 2.16. The Morgan fingerprint density at radius 1 is 0.444 bits per heavy atom. The van der Waals surface area contributed by atoms with E-state index in [1.54, 1.807) is 6.92 Å². The quantitative estimate of drug-likeness (QED) is 0.0727. The maximum atomic E-state index is 11.3. The minimum absolute atomic E-state index is 0.00347. The van der Waals surface area contributed by atoms with Crippen molar-refractivity contribution >= 4 is 23.9 Å². The zero-order valence-electron chi connectivity index (χ0n) is 28.4. The van der Waals surface area contributed by atoms with Crippen LogP contribution in [0.2, 0.25) is 0 Å². The third-order valence-electron chi connectivity index (χ3n) is 6.13. The summed E-state index contributed by atoms with van der Waals surface area (Å²) in [5.74, 6) is -10.7. The van der Waals surface area contributed by atoms with Gasteiger partial charge in [0.05, 0.1) is 42.6 Å². The average molecular weight is 765 g/mol. The van der Waals surface area contributed by atoms with E-state index in [1.165, 1.54) is 7.11 Å². The molecule has 0 aliphatic rings. The van der Waals surface area contributed by atoms with Gasteiger partial charge in [0, 0.05) is 0 Å². The summed E-state index contributed by atoms with van der Waals surface area (Å²) in [7, 11) is 1.17. The third kappa shape index (κ3) is 12.6. The van der Waals surface area contributed by atoms with Crippen LogP contribution < -0.4 is 0 Å². The number of rotatable bonds is 7. The molecular weight excluding hydrogens is 728 g/mol. The minimum atomic E-state index is -1.29. The summed E-state index contributed by atoms with van der Waals surface area (Å²) >= 11 is 0. The summed E-state index contributed by atoms with van der Waals surface area (Å²) in [5, 5.41) is 116. The Hall–Kier alpha value is -7.64. The number of hydrogen-bond acceptors (Lipinski definition) is 19. The topological polar surface area (TPSA) is 359 Å². The number of hydrogen-bond donors (Lipinski definition) is 13. The standard InChI is InChI=1S/C10H12O5.C9H10O5.C8H8O5.C7H6O5/c1-2-3-15-10(14)6-4-7(11)9(13)8(12)5-6;1-2-14-9(13)5-3-6(10)8(12)7(11)4-5;1-13-8(12)4-2-5(9)7(11)6(10)3-4;8-4-1-3(7(11)12)2-5(9)6(4)10/h4-5,11-13H,2-3H2,1H3;3-4,10-12H,2H2,1H3;2-3,9-11H,1H3;1-2,8-10H,(H,11,12). The first-order chi connectivity index (χ1) is 25.2. The van der Waals surface area contributed by atoms with E-state index in [0.717, 1.165) is 48.5 Å². The van der Waals surface area contributed by atoms with Crippen molar-refractivity contribution in [1.82, 2.24) is 0 Å². The van der Waals surface area contributed by atoms with Crippen molar-refractivity contribution in [3.05, 3.63) is 70.8 Å². The fraction of sp³-hybridized carbons (Fsp3) is 0.176. The molecule has 292 valence electrons. The minimum Gasteiger partial charge on any atom is -0.504 e. The number of carbonyl (C=O) groups excluding carboxylic acids is 3. The molecule has 4 aromatic rings. The molecule has 54 heavy (non-hydrogen) atoms. The first-order valence-electron chi connectivity index (χ1n) is 14.9. The zero-order valence-corrected chi connectivity index (χ0v) is 28.4. The molecule has 0 bridgehead atoms. The third-order valence-corrected chi connectivity index (χ3v) is 6.13. The second-order valence-electron chi connectivity index (χ2n) is 10.1. The summed E-state index contributed by atoms with van der Waals surface area (Å²) in [6, 6.07) is 7.80. The van der Waals surface area contributed by atoms with E-state index in [-0.39, 0.29) is 35.5 Å². The highest BCUT2D eigenvalue weighted by atomic mass is 16.5. The normalized spacial score (nSPS) is 9.76. The van der Waals surface area contributed by atoms with Gasteiger partial charge in [0.1, 0.15) is 0 Å². The van der Waals surface area contributed by atoms with Crippen LogP contribution in [-0.4, -0.2) is 111 Å². The molecule has 0 aliphatic heterocycles. The number of methoxy groups -OCH3 is 1. The molecule has 0 saturated carbocycles. The number of esters is 3. The van der Waals surface area contributed by atoms with E-state index in [1.807, 2.05) is 6.92 Å². The van der Waals surface area contributed by atoms with Crippen molar-refractivity contribution in [2.75, 3.05) is 20.3 Å². The zero-order chi connectivity index (χ0) is 41.4. The van der Waals surface area contributed by atoms with Crippen LogP contribution in [0.4, 0.5) is 0 Å². The first-order valence-corrected chi connectivity index (χ1v) is 14.9. The number of phenols is 12. The number of aromatic hydroxyl groups is 12. The largest absolute Gasteiger partial charge is 0.504 e. The van der Waals surface area contributed by atoms with Gasteiger partial charge in [-0.1, -0.05) is 6.92 Å². The second kappa shape index (κ2) is 20.3. The van der Waals surface area contributed by atoms with Gasteiger partial charge in [-0.15, -0.1) is 0 Å². The van der Waals surface area contributed by atoms with Crippen molar-refractivity contribution in [3.8, 4) is 69.0 Å². The number of carboxylic acids is 1. The van der Waals surface area contributed by atoms with Crippen LogP contribution in [0.15, 0.2) is 48.5 Å². The summed E-state index contributed by atoms with van der Waals surface area (Å²) in [5.41, 5.74) is -0.339. The summed E-state index contributed by atoms with van der Waals surface area (Å²) in [6.45, 7) is 3.94. The van der Waals surface area contributed by atoms with Crippen LogP contribution in [0.1, 0.15) is 61.7 Å². The average Bonchev–Trinajstić information content (AvgIpc) is 3.12. The number of ether oxygens (including phenoxy) is 3. The van der Waals surface area contributed by atoms with Crippen molar-refractivity contribution < 1.29 is 99.8 Å². The fourth-order valence-corrected chi connectivity index (χ4v) is 3.50. The summed E-state index contributed by atoms with van der Waals surface area (Å²) in [4.78, 5) is 43.6. The van der Waals surface area contributed by atoms with Crippen molar-refractivity contribution in [3.63, 3.8) is 0 Å². The Labute approximate surface area is 304 Å². The van der Waals surface area contributed by atoms with Crippen LogP contribution in [0.25, 0.3) is 0 Å². The lowest BCUT2D eigenvalue weighted by atomic mass is 10.2. The fourth-order valence-electron chi connectivity index (χ4n) is 3.50. The van der Waals surface area contributed by atoms with Crippen LogP contribution in [0, 0.1) is 0 Å². The second-order valence-corrected chi connectivity index (χ2v) is 10.1. The maximum absolute atomic E-state index is 11.3. The molecule has 0 aromatic heterocycles. The van der Waals surface area contributed by atoms with Gasteiger partial charge in [0.25, 0.3) is 0 Å². The molecule has 0 amide bonds. The molecule has 4 aromatic carbocycles. The van der Waals surface area contributed by atoms with E-state index in [0.29, 0.717) is 6.42 Å². The Kier molecular flexibility index (Phi) is 16.7. The van der Waals surface area contributed by atoms with Crippen LogP contribution >= 0.6 is 0 Å². The SMILES string of the molecule is CCCOC(=O)c1cc(O)c(O)c(O)c1.CCOC(=O)c1cc(O)c(O)c(O)c1.COC(=O)c1cc(O)c(O)c(O)c1.O=C(O)c1cc(O)c(O)c(O)c1. The molecule has 0 unspecified atom stereocenters. The number of aromatic carboxylic acids is 1. The molecule has 4 rings (SSSR count). The Morgan fingerprint density at radius 2 is 0.704 bits per heavy atom. The van der Waals surface area contributed by atoms with E-state index in [2.05, 4.69) is 9.47 Å². The maximum Gasteiger partial charge on any atom is 0.338 e. The lowest BCUT2D eigenvalue weighted by molar-refractivity contribution is 0.0500. The Morgan fingerprint density at radius 3 is 0.944 bits per heavy atom. The van der Waals surface area contributed by atoms with Crippen molar-refractivity contribution in [2.45, 2.75) is 20.3 Å². The van der Waals surface area contributed by atoms with Gasteiger partial charge in [-0.3, -0.25) is 0 Å². The van der Waals surface area contributed by atoms with Crippen LogP contribution in [0.3, 0.4) is 0 Å². The smallest absolute Gasteiger partial charge is 0.338 e. The molecule has 13 N–H and O–H groups in total. The summed E-state index contributed by atoms with van der Waals surface area (Å²) < 4.78 is 13.8. The molecule has 20 heteroatoms. The van der Waals surface area contributed by atoms with Gasteiger partial charge in [-0.25, -0.2) is 19.2 Å². The molecule has 20 nitrogen and oxygen atoms in total. The molecular formula is C34H36O20. The molecule has 0 spiro atoms. The predicted octanol–water partition coefficient (Wildman–Crippen LogP) is 3.44. The van der Waals surface area contributed by atoms with Gasteiger partial charge in [0.15, 0.2) is 69.0 Å². The van der Waals surface area contributed by atoms with E-state index >= 15 is 0 Å². The number of carbonyl (C=O) groups is 4.